The maximum Gasteiger partial charge on any atom is 0.331 e. The van der Waals surface area contributed by atoms with Gasteiger partial charge in [0, 0.05) is 11.3 Å². The van der Waals surface area contributed by atoms with Gasteiger partial charge in [-0.05, 0) is 34.4 Å². The first-order chi connectivity index (χ1) is 13.7. The number of aromatic nitrogens is 4. The standard InChI is InChI=1S/C19H19N5O3S/c1-28-17-10-6-5-9-15(17)21-18(25)12-27-19(26)16(24-13-20-22-23-24)11-14-7-3-2-4-8-14/h2-10,13,16H,11-12H2,1H3,(H,21,25)/t16-/m1/s1. The monoisotopic (exact) mass is 397 g/mol. The molecular formula is C19H19N5O3S. The molecule has 0 unspecified atom stereocenters. The van der Waals surface area contributed by atoms with Gasteiger partial charge in [0.2, 0.25) is 0 Å². The minimum Gasteiger partial charge on any atom is -0.454 e. The number of carbonyl (C=O) groups excluding carboxylic acids is 2. The van der Waals surface area contributed by atoms with E-state index in [4.69, 9.17) is 4.74 Å². The number of nitrogens with one attached hydrogen (secondary N) is 1. The molecule has 3 aromatic rings. The molecular weight excluding hydrogens is 378 g/mol. The van der Waals surface area contributed by atoms with E-state index >= 15 is 0 Å². The molecule has 144 valence electrons. The lowest BCUT2D eigenvalue weighted by molar-refractivity contribution is -0.151. The first-order valence-electron chi connectivity index (χ1n) is 8.53. The summed E-state index contributed by atoms with van der Waals surface area (Å²) in [5, 5.41) is 13.7. The van der Waals surface area contributed by atoms with Crippen LogP contribution in [0.25, 0.3) is 0 Å². The molecule has 0 radical (unpaired) electrons. The van der Waals surface area contributed by atoms with Crippen molar-refractivity contribution in [3.63, 3.8) is 0 Å². The van der Waals surface area contributed by atoms with Crippen molar-refractivity contribution in [3.05, 3.63) is 66.5 Å². The molecule has 0 aliphatic carbocycles. The van der Waals surface area contributed by atoms with E-state index in [0.717, 1.165) is 10.5 Å². The lowest BCUT2D eigenvalue weighted by Gasteiger charge is -2.16. The normalized spacial score (nSPS) is 11.6. The second-order valence-electron chi connectivity index (χ2n) is 5.85. The maximum atomic E-state index is 12.6. The van der Waals surface area contributed by atoms with Crippen molar-refractivity contribution in [2.24, 2.45) is 0 Å². The number of amides is 1. The van der Waals surface area contributed by atoms with Gasteiger partial charge in [-0.25, -0.2) is 9.48 Å². The number of thioether (sulfide) groups is 1. The highest BCUT2D eigenvalue weighted by Crippen LogP contribution is 2.24. The van der Waals surface area contributed by atoms with Crippen LogP contribution < -0.4 is 5.32 Å². The summed E-state index contributed by atoms with van der Waals surface area (Å²) in [7, 11) is 0. The fourth-order valence-electron chi connectivity index (χ4n) is 2.60. The van der Waals surface area contributed by atoms with Crippen LogP contribution in [0.4, 0.5) is 5.69 Å². The molecule has 0 saturated heterocycles. The molecule has 1 amide bonds. The van der Waals surface area contributed by atoms with Crippen LogP contribution in [0.5, 0.6) is 0 Å². The Balaban J connectivity index is 1.62. The van der Waals surface area contributed by atoms with Gasteiger partial charge < -0.3 is 10.1 Å². The van der Waals surface area contributed by atoms with Crippen molar-refractivity contribution in [2.45, 2.75) is 17.4 Å². The smallest absolute Gasteiger partial charge is 0.331 e. The Morgan fingerprint density at radius 2 is 1.89 bits per heavy atom. The Bertz CT molecular complexity index is 918. The molecule has 1 N–H and O–H groups in total. The van der Waals surface area contributed by atoms with Gasteiger partial charge >= 0.3 is 5.97 Å². The molecule has 1 aromatic heterocycles. The van der Waals surface area contributed by atoms with Gasteiger partial charge in [-0.15, -0.1) is 16.9 Å². The van der Waals surface area contributed by atoms with E-state index in [-0.39, 0.29) is 0 Å². The second kappa shape index (κ2) is 9.65. The lowest BCUT2D eigenvalue weighted by Crippen LogP contribution is -2.28. The highest BCUT2D eigenvalue weighted by Gasteiger charge is 2.24. The van der Waals surface area contributed by atoms with E-state index < -0.39 is 24.5 Å². The van der Waals surface area contributed by atoms with Crippen LogP contribution in [0.15, 0.2) is 65.8 Å². The summed E-state index contributed by atoms with van der Waals surface area (Å²) in [5.74, 6) is -0.991. The van der Waals surface area contributed by atoms with E-state index in [9.17, 15) is 9.59 Å². The number of hydrogen-bond acceptors (Lipinski definition) is 7. The number of nitrogens with zero attached hydrogens (tertiary/aromatic N) is 4. The fourth-order valence-corrected chi connectivity index (χ4v) is 3.15. The number of carbonyl (C=O) groups is 2. The van der Waals surface area contributed by atoms with E-state index in [1.54, 1.807) is 6.07 Å². The van der Waals surface area contributed by atoms with E-state index in [1.165, 1.54) is 22.8 Å². The average molecular weight is 397 g/mol. The molecule has 0 fully saturated rings. The molecule has 9 heteroatoms. The van der Waals surface area contributed by atoms with Crippen LogP contribution in [-0.4, -0.2) is 44.9 Å². The average Bonchev–Trinajstić information content (AvgIpc) is 3.26. The highest BCUT2D eigenvalue weighted by atomic mass is 32.2. The summed E-state index contributed by atoms with van der Waals surface area (Å²) in [6.07, 6.45) is 3.62. The Morgan fingerprint density at radius 1 is 1.14 bits per heavy atom. The van der Waals surface area contributed by atoms with Gasteiger partial charge in [0.15, 0.2) is 12.6 Å². The van der Waals surface area contributed by atoms with E-state index in [2.05, 4.69) is 20.8 Å². The third-order valence-corrected chi connectivity index (χ3v) is 4.75. The zero-order chi connectivity index (χ0) is 19.8. The van der Waals surface area contributed by atoms with E-state index in [0.29, 0.717) is 12.1 Å². The number of anilines is 1. The van der Waals surface area contributed by atoms with Crippen molar-refractivity contribution >= 4 is 29.3 Å². The zero-order valence-corrected chi connectivity index (χ0v) is 16.0. The van der Waals surface area contributed by atoms with E-state index in [1.807, 2.05) is 54.8 Å². The van der Waals surface area contributed by atoms with Gasteiger partial charge in [0.25, 0.3) is 5.91 Å². The number of ether oxygens (including phenoxy) is 1. The second-order valence-corrected chi connectivity index (χ2v) is 6.70. The summed E-state index contributed by atoms with van der Waals surface area (Å²) in [4.78, 5) is 25.7. The molecule has 3 rings (SSSR count). The largest absolute Gasteiger partial charge is 0.454 e. The molecule has 0 aliphatic rings. The number of esters is 1. The van der Waals surface area contributed by atoms with Crippen molar-refractivity contribution in [1.29, 1.82) is 0 Å². The molecule has 2 aromatic carbocycles. The van der Waals surface area contributed by atoms with Crippen molar-refractivity contribution in [1.82, 2.24) is 20.2 Å². The number of hydrogen-bond donors (Lipinski definition) is 1. The summed E-state index contributed by atoms with van der Waals surface area (Å²) >= 11 is 1.52. The van der Waals surface area contributed by atoms with Crippen molar-refractivity contribution in [3.8, 4) is 0 Å². The SMILES string of the molecule is CSc1ccccc1NC(=O)COC(=O)[C@@H](Cc1ccccc1)n1cnnn1. The number of tetrazole rings is 1. The molecule has 0 bridgehead atoms. The Labute approximate surface area is 166 Å². The molecule has 0 saturated carbocycles. The van der Waals surface area contributed by atoms with Gasteiger partial charge in [-0.3, -0.25) is 4.79 Å². The number of benzene rings is 2. The predicted octanol–water partition coefficient (Wildman–Crippen LogP) is 2.36. The highest BCUT2D eigenvalue weighted by molar-refractivity contribution is 7.98. The van der Waals surface area contributed by atoms with Crippen LogP contribution in [0.2, 0.25) is 0 Å². The fraction of sp³-hybridized carbons (Fsp3) is 0.211. The summed E-state index contributed by atoms with van der Waals surface area (Å²) in [5.41, 5.74) is 1.61. The predicted molar refractivity (Wildman–Crippen MR) is 105 cm³/mol. The first kappa shape index (κ1) is 19.6. The van der Waals surface area contributed by atoms with Gasteiger partial charge in [0.05, 0.1) is 5.69 Å². The first-order valence-corrected chi connectivity index (χ1v) is 9.75. The van der Waals surface area contributed by atoms with Gasteiger partial charge in [0.1, 0.15) is 6.33 Å². The van der Waals surface area contributed by atoms with Gasteiger partial charge in [-0.2, -0.15) is 0 Å². The Hall–Kier alpha value is -3.20. The molecule has 8 nitrogen and oxygen atoms in total. The zero-order valence-electron chi connectivity index (χ0n) is 15.2. The minimum absolute atomic E-state index is 0.349. The van der Waals surface area contributed by atoms with Crippen molar-refractivity contribution in [2.75, 3.05) is 18.2 Å². The Kier molecular flexibility index (Phi) is 6.74. The molecule has 0 spiro atoms. The third-order valence-electron chi connectivity index (χ3n) is 3.95. The molecule has 0 aliphatic heterocycles. The van der Waals surface area contributed by atoms with Crippen LogP contribution in [0.3, 0.4) is 0 Å². The number of para-hydroxylation sites is 1. The summed E-state index contributed by atoms with van der Waals surface area (Å²) < 4.78 is 6.56. The van der Waals surface area contributed by atoms with Gasteiger partial charge in [-0.1, -0.05) is 42.5 Å². The minimum atomic E-state index is -0.760. The van der Waals surface area contributed by atoms with Crippen LogP contribution in [0, 0.1) is 0 Å². The van der Waals surface area contributed by atoms with Crippen LogP contribution in [-0.2, 0) is 20.7 Å². The maximum absolute atomic E-state index is 12.6. The molecule has 28 heavy (non-hydrogen) atoms. The van der Waals surface area contributed by atoms with Crippen LogP contribution >= 0.6 is 11.8 Å². The quantitative estimate of drug-likeness (QED) is 0.460. The van der Waals surface area contributed by atoms with Crippen molar-refractivity contribution < 1.29 is 14.3 Å². The topological polar surface area (TPSA) is 99.0 Å². The lowest BCUT2D eigenvalue weighted by atomic mass is 10.1. The summed E-state index contributed by atoms with van der Waals surface area (Å²) in [6, 6.07) is 16.1. The Morgan fingerprint density at radius 3 is 2.61 bits per heavy atom. The summed E-state index contributed by atoms with van der Waals surface area (Å²) in [6.45, 7) is -0.394. The number of rotatable bonds is 8. The molecule has 1 atom stereocenters. The van der Waals surface area contributed by atoms with Crippen LogP contribution in [0.1, 0.15) is 11.6 Å². The third kappa shape index (κ3) is 5.17. The molecule has 1 heterocycles.